The first kappa shape index (κ1) is 36.0. The van der Waals surface area contributed by atoms with Crippen molar-refractivity contribution in [2.75, 3.05) is 73.1 Å². The van der Waals surface area contributed by atoms with Crippen molar-refractivity contribution in [2.45, 2.75) is 58.5 Å². The second-order valence-corrected chi connectivity index (χ2v) is 13.0. The number of ether oxygens (including phenoxy) is 4. The molecule has 3 aromatic carbocycles. The maximum Gasteiger partial charge on any atom is 0.253 e. The summed E-state index contributed by atoms with van der Waals surface area (Å²) >= 11 is 0. The molecule has 1 atom stereocenters. The van der Waals surface area contributed by atoms with Gasteiger partial charge in [-0.25, -0.2) is 4.98 Å². The van der Waals surface area contributed by atoms with Gasteiger partial charge in [-0.2, -0.15) is 0 Å². The number of aryl methyl sites for hydroxylation is 2. The number of nitrogens with one attached hydrogen (secondary N) is 1. The minimum atomic E-state index is -0.0905. The van der Waals surface area contributed by atoms with E-state index in [9.17, 15) is 4.79 Å². The molecule has 1 amide bonds. The Kier molecular flexibility index (Phi) is 12.4. The third-order valence-electron chi connectivity index (χ3n) is 9.79. The predicted molar refractivity (Wildman–Crippen MR) is 196 cm³/mol. The summed E-state index contributed by atoms with van der Waals surface area (Å²) in [4.78, 5) is 23.1. The summed E-state index contributed by atoms with van der Waals surface area (Å²) < 4.78 is 24.4. The third kappa shape index (κ3) is 8.66. The van der Waals surface area contributed by atoms with Gasteiger partial charge in [-0.3, -0.25) is 4.79 Å². The maximum absolute atomic E-state index is 13.8. The van der Waals surface area contributed by atoms with E-state index < -0.39 is 0 Å². The van der Waals surface area contributed by atoms with E-state index in [-0.39, 0.29) is 11.8 Å². The minimum absolute atomic E-state index is 0.0905. The fourth-order valence-corrected chi connectivity index (χ4v) is 6.75. The molecule has 0 spiro atoms. The standard InChI is InChI=1S/C39H53N5O5/c1-8-49-22-21-44-34-12-10-9-11-33(34)41-39(44)40-32-16-19-43(20-17-32)18-15-30(29-14-13-27(2)28(3)23-29)26-42(4)38(45)31-24-35(46-5)37(48-7)36(25-31)47-6/h9-14,23-25,30,32H,8,15-22,26H2,1-7H3,(H,40,41). The number of hydrogen-bond acceptors (Lipinski definition) is 8. The lowest BCUT2D eigenvalue weighted by molar-refractivity contribution is 0.0781. The van der Waals surface area contributed by atoms with Gasteiger partial charge in [-0.1, -0.05) is 30.3 Å². The van der Waals surface area contributed by atoms with Crippen molar-refractivity contribution in [1.82, 2.24) is 19.4 Å². The summed E-state index contributed by atoms with van der Waals surface area (Å²) in [6, 6.07) is 18.8. The second-order valence-electron chi connectivity index (χ2n) is 13.0. The summed E-state index contributed by atoms with van der Waals surface area (Å²) in [6.07, 6.45) is 3.03. The zero-order chi connectivity index (χ0) is 34.9. The van der Waals surface area contributed by atoms with Crippen molar-refractivity contribution in [2.24, 2.45) is 0 Å². The molecule has 10 nitrogen and oxygen atoms in total. The molecule has 0 aliphatic carbocycles. The molecule has 264 valence electrons. The molecule has 2 heterocycles. The number of anilines is 1. The lowest BCUT2D eigenvalue weighted by Gasteiger charge is -2.34. The zero-order valence-electron chi connectivity index (χ0n) is 30.3. The number of rotatable bonds is 16. The Hall–Kier alpha value is -4.28. The van der Waals surface area contributed by atoms with Gasteiger partial charge in [-0.05, 0) is 87.5 Å². The van der Waals surface area contributed by atoms with Gasteiger partial charge in [0.05, 0.1) is 39.0 Å². The number of hydrogen-bond donors (Lipinski definition) is 1. The van der Waals surface area contributed by atoms with E-state index in [0.29, 0.717) is 48.6 Å². The van der Waals surface area contributed by atoms with E-state index in [0.717, 1.165) is 62.4 Å². The highest BCUT2D eigenvalue weighted by molar-refractivity contribution is 5.95. The zero-order valence-corrected chi connectivity index (χ0v) is 30.3. The number of likely N-dealkylation sites (N-methyl/N-ethyl adjacent to an activating group) is 1. The van der Waals surface area contributed by atoms with E-state index in [2.05, 4.69) is 65.0 Å². The molecule has 1 aromatic heterocycles. The molecule has 49 heavy (non-hydrogen) atoms. The number of benzene rings is 3. The number of likely N-dealkylation sites (tertiary alicyclic amines) is 1. The molecule has 5 rings (SSSR count). The molecular weight excluding hydrogens is 618 g/mol. The van der Waals surface area contributed by atoms with Crippen LogP contribution in [-0.4, -0.2) is 99.1 Å². The molecule has 0 radical (unpaired) electrons. The smallest absolute Gasteiger partial charge is 0.253 e. The van der Waals surface area contributed by atoms with Gasteiger partial charge in [0, 0.05) is 57.4 Å². The van der Waals surface area contributed by atoms with Crippen LogP contribution in [0.5, 0.6) is 17.2 Å². The molecule has 10 heteroatoms. The van der Waals surface area contributed by atoms with E-state index in [1.54, 1.807) is 33.5 Å². The number of carbonyl (C=O) groups is 1. The van der Waals surface area contributed by atoms with Crippen LogP contribution in [0, 0.1) is 13.8 Å². The highest BCUT2D eigenvalue weighted by atomic mass is 16.5. The van der Waals surface area contributed by atoms with E-state index in [1.807, 2.05) is 24.9 Å². The maximum atomic E-state index is 13.8. The van der Waals surface area contributed by atoms with Crippen LogP contribution < -0.4 is 19.5 Å². The number of methoxy groups -OCH3 is 3. The number of nitrogens with zero attached hydrogens (tertiary/aromatic N) is 4. The van der Waals surface area contributed by atoms with Gasteiger partial charge in [0.25, 0.3) is 5.91 Å². The average Bonchev–Trinajstić information content (AvgIpc) is 3.47. The summed E-state index contributed by atoms with van der Waals surface area (Å²) in [5.41, 5.74) is 6.43. The number of piperidine rings is 1. The summed E-state index contributed by atoms with van der Waals surface area (Å²) in [7, 11) is 6.55. The molecule has 1 saturated heterocycles. The van der Waals surface area contributed by atoms with Gasteiger partial charge >= 0.3 is 0 Å². The third-order valence-corrected chi connectivity index (χ3v) is 9.79. The molecule has 1 fully saturated rings. The lowest BCUT2D eigenvalue weighted by atomic mass is 9.91. The van der Waals surface area contributed by atoms with Crippen LogP contribution in [-0.2, 0) is 11.3 Å². The highest BCUT2D eigenvalue weighted by Gasteiger charge is 2.25. The lowest BCUT2D eigenvalue weighted by Crippen LogP contribution is -2.40. The summed E-state index contributed by atoms with van der Waals surface area (Å²) in [5.74, 6) is 2.41. The fraction of sp³-hybridized carbons (Fsp3) is 0.487. The normalized spacial score (nSPS) is 14.5. The average molecular weight is 672 g/mol. The fourth-order valence-electron chi connectivity index (χ4n) is 6.75. The molecule has 4 aromatic rings. The Morgan fingerprint density at radius 3 is 2.33 bits per heavy atom. The molecule has 0 bridgehead atoms. The number of imidazole rings is 1. The number of fused-ring (bicyclic) bond motifs is 1. The SMILES string of the molecule is CCOCCn1c(NC2CCN(CCC(CN(C)C(=O)c3cc(OC)c(OC)c(OC)c3)c3ccc(C)c(C)c3)CC2)nc2ccccc21. The van der Waals surface area contributed by atoms with Crippen LogP contribution in [0.15, 0.2) is 54.6 Å². The van der Waals surface area contributed by atoms with Crippen LogP contribution in [0.3, 0.4) is 0 Å². The summed E-state index contributed by atoms with van der Waals surface area (Å²) in [6.45, 7) is 12.0. The van der Waals surface area contributed by atoms with Crippen molar-refractivity contribution in [3.63, 3.8) is 0 Å². The van der Waals surface area contributed by atoms with Crippen molar-refractivity contribution in [1.29, 1.82) is 0 Å². The van der Waals surface area contributed by atoms with Crippen molar-refractivity contribution >= 4 is 22.9 Å². The quantitative estimate of drug-likeness (QED) is 0.134. The molecule has 1 aliphatic heterocycles. The van der Waals surface area contributed by atoms with Crippen LogP contribution >= 0.6 is 0 Å². The minimum Gasteiger partial charge on any atom is -0.493 e. The molecule has 1 unspecified atom stereocenters. The Bertz CT molecular complexity index is 1670. The van der Waals surface area contributed by atoms with E-state index in [4.69, 9.17) is 23.9 Å². The molecular formula is C39H53N5O5. The first-order valence-corrected chi connectivity index (χ1v) is 17.4. The number of carbonyl (C=O) groups excluding carboxylic acids is 1. The van der Waals surface area contributed by atoms with Crippen LogP contribution in [0.4, 0.5) is 5.95 Å². The van der Waals surface area contributed by atoms with Gasteiger partial charge in [0.15, 0.2) is 11.5 Å². The molecule has 0 saturated carbocycles. The molecule has 1 aliphatic rings. The summed E-state index contributed by atoms with van der Waals surface area (Å²) in [5, 5.41) is 3.77. The number of amides is 1. The predicted octanol–water partition coefficient (Wildman–Crippen LogP) is 6.54. The molecule has 1 N–H and O–H groups in total. The van der Waals surface area contributed by atoms with Gasteiger partial charge in [0.1, 0.15) is 0 Å². The van der Waals surface area contributed by atoms with E-state index in [1.165, 1.54) is 16.7 Å². The monoisotopic (exact) mass is 671 g/mol. The topological polar surface area (TPSA) is 90.3 Å². The largest absolute Gasteiger partial charge is 0.493 e. The van der Waals surface area contributed by atoms with Crippen LogP contribution in [0.25, 0.3) is 11.0 Å². The van der Waals surface area contributed by atoms with Gasteiger partial charge < -0.3 is 38.6 Å². The first-order chi connectivity index (χ1) is 23.8. The first-order valence-electron chi connectivity index (χ1n) is 17.4. The Morgan fingerprint density at radius 2 is 1.67 bits per heavy atom. The van der Waals surface area contributed by atoms with E-state index >= 15 is 0 Å². The van der Waals surface area contributed by atoms with Crippen molar-refractivity contribution in [3.8, 4) is 17.2 Å². The van der Waals surface area contributed by atoms with Gasteiger partial charge in [0.2, 0.25) is 11.7 Å². The Balaban J connectivity index is 1.24. The number of aromatic nitrogens is 2. The van der Waals surface area contributed by atoms with Crippen molar-refractivity contribution in [3.05, 3.63) is 76.9 Å². The highest BCUT2D eigenvalue weighted by Crippen LogP contribution is 2.38. The van der Waals surface area contributed by atoms with Gasteiger partial charge in [-0.15, -0.1) is 0 Å². The second kappa shape index (κ2) is 16.9. The van der Waals surface area contributed by atoms with Crippen LogP contribution in [0.1, 0.15) is 59.2 Å². The van der Waals surface area contributed by atoms with Crippen molar-refractivity contribution < 1.29 is 23.7 Å². The van der Waals surface area contributed by atoms with Crippen LogP contribution in [0.2, 0.25) is 0 Å². The number of para-hydroxylation sites is 2. The Morgan fingerprint density at radius 1 is 0.959 bits per heavy atom. The Labute approximate surface area is 291 Å².